The van der Waals surface area contributed by atoms with Crippen LogP contribution in [0.3, 0.4) is 0 Å². The average molecular weight is 245 g/mol. The summed E-state index contributed by atoms with van der Waals surface area (Å²) in [5.41, 5.74) is 0.836. The minimum absolute atomic E-state index is 0.0245. The van der Waals surface area contributed by atoms with Crippen molar-refractivity contribution < 1.29 is 4.79 Å². The van der Waals surface area contributed by atoms with Crippen molar-refractivity contribution >= 4 is 22.9 Å². The van der Waals surface area contributed by atoms with E-state index in [-0.39, 0.29) is 5.91 Å². The van der Waals surface area contributed by atoms with E-state index in [1.165, 1.54) is 4.88 Å². The third kappa shape index (κ3) is 3.17. The van der Waals surface area contributed by atoms with E-state index in [0.717, 1.165) is 23.4 Å². The van der Waals surface area contributed by atoms with Gasteiger partial charge >= 0.3 is 0 Å². The average Bonchev–Trinajstić information content (AvgIpc) is 2.79. The van der Waals surface area contributed by atoms with Gasteiger partial charge in [-0.15, -0.1) is 11.3 Å². The number of carbonyl (C=O) groups excluding carboxylic acids is 1. The fourth-order valence-corrected chi connectivity index (χ4v) is 2.60. The fourth-order valence-electron chi connectivity index (χ4n) is 1.59. The van der Waals surface area contributed by atoms with Crippen LogP contribution in [0.25, 0.3) is 0 Å². The SMILES string of the molecule is CCCc1ccc(C(=O)Nc2ccccc2)s1. The summed E-state index contributed by atoms with van der Waals surface area (Å²) in [4.78, 5) is 14.0. The number of benzene rings is 1. The molecule has 2 nitrogen and oxygen atoms in total. The molecule has 1 N–H and O–H groups in total. The van der Waals surface area contributed by atoms with Gasteiger partial charge in [0.05, 0.1) is 4.88 Å². The Morgan fingerprint density at radius 3 is 2.65 bits per heavy atom. The molecule has 1 aromatic heterocycles. The van der Waals surface area contributed by atoms with Crippen molar-refractivity contribution in [3.05, 3.63) is 52.2 Å². The maximum atomic E-state index is 11.9. The number of rotatable bonds is 4. The lowest BCUT2D eigenvalue weighted by atomic mass is 10.3. The molecule has 2 rings (SSSR count). The van der Waals surface area contributed by atoms with Crippen LogP contribution in [0.5, 0.6) is 0 Å². The van der Waals surface area contributed by atoms with E-state index in [1.54, 1.807) is 11.3 Å². The van der Waals surface area contributed by atoms with E-state index in [0.29, 0.717) is 0 Å². The monoisotopic (exact) mass is 245 g/mol. The van der Waals surface area contributed by atoms with E-state index < -0.39 is 0 Å². The Labute approximate surface area is 105 Å². The van der Waals surface area contributed by atoms with Crippen molar-refractivity contribution in [3.63, 3.8) is 0 Å². The Kier molecular flexibility index (Phi) is 3.94. The molecule has 3 heteroatoms. The molecule has 0 bridgehead atoms. The van der Waals surface area contributed by atoms with Crippen LogP contribution in [-0.4, -0.2) is 5.91 Å². The first-order chi connectivity index (χ1) is 8.29. The Hall–Kier alpha value is -1.61. The van der Waals surface area contributed by atoms with E-state index >= 15 is 0 Å². The zero-order valence-corrected chi connectivity index (χ0v) is 10.6. The number of amides is 1. The molecule has 0 aliphatic heterocycles. The summed E-state index contributed by atoms with van der Waals surface area (Å²) in [5, 5.41) is 2.89. The number of hydrogen-bond donors (Lipinski definition) is 1. The molecule has 0 unspecified atom stereocenters. The highest BCUT2D eigenvalue weighted by molar-refractivity contribution is 7.14. The third-order valence-corrected chi connectivity index (χ3v) is 3.56. The summed E-state index contributed by atoms with van der Waals surface area (Å²) in [6.45, 7) is 2.14. The number of thiophene rings is 1. The van der Waals surface area contributed by atoms with Crippen LogP contribution >= 0.6 is 11.3 Å². The van der Waals surface area contributed by atoms with E-state index in [4.69, 9.17) is 0 Å². The topological polar surface area (TPSA) is 29.1 Å². The summed E-state index contributed by atoms with van der Waals surface area (Å²) in [6, 6.07) is 13.5. The number of hydrogen-bond acceptors (Lipinski definition) is 2. The quantitative estimate of drug-likeness (QED) is 0.868. The second-order valence-corrected chi connectivity index (χ2v) is 5.00. The molecule has 17 heavy (non-hydrogen) atoms. The predicted octanol–water partition coefficient (Wildman–Crippen LogP) is 3.95. The lowest BCUT2D eigenvalue weighted by Crippen LogP contribution is -2.09. The number of nitrogens with one attached hydrogen (secondary N) is 1. The highest BCUT2D eigenvalue weighted by Gasteiger charge is 2.08. The maximum Gasteiger partial charge on any atom is 0.265 e. The molecule has 0 radical (unpaired) electrons. The molecule has 1 aromatic carbocycles. The van der Waals surface area contributed by atoms with Crippen LogP contribution in [0.1, 0.15) is 27.9 Å². The summed E-state index contributed by atoms with van der Waals surface area (Å²) >= 11 is 1.57. The van der Waals surface area contributed by atoms with Gasteiger partial charge in [-0.2, -0.15) is 0 Å². The maximum absolute atomic E-state index is 11.9. The largest absolute Gasteiger partial charge is 0.321 e. The van der Waals surface area contributed by atoms with E-state index in [9.17, 15) is 4.79 Å². The smallest absolute Gasteiger partial charge is 0.265 e. The standard InChI is InChI=1S/C14H15NOS/c1-2-6-12-9-10-13(17-12)14(16)15-11-7-4-3-5-8-11/h3-5,7-10H,2,6H2,1H3,(H,15,16). The highest BCUT2D eigenvalue weighted by atomic mass is 32.1. The molecule has 1 heterocycles. The van der Waals surface area contributed by atoms with Gasteiger partial charge in [0.25, 0.3) is 5.91 Å². The summed E-state index contributed by atoms with van der Waals surface area (Å²) < 4.78 is 0. The molecule has 1 amide bonds. The van der Waals surface area contributed by atoms with Crippen molar-refractivity contribution in [2.45, 2.75) is 19.8 Å². The van der Waals surface area contributed by atoms with Crippen molar-refractivity contribution in [3.8, 4) is 0 Å². The molecular weight excluding hydrogens is 230 g/mol. The first-order valence-electron chi connectivity index (χ1n) is 5.74. The second kappa shape index (κ2) is 5.64. The van der Waals surface area contributed by atoms with Crippen LogP contribution < -0.4 is 5.32 Å². The molecule has 0 atom stereocenters. The van der Waals surface area contributed by atoms with Crippen molar-refractivity contribution in [1.29, 1.82) is 0 Å². The van der Waals surface area contributed by atoms with Gasteiger partial charge in [-0.3, -0.25) is 4.79 Å². The molecule has 0 saturated carbocycles. The molecule has 0 saturated heterocycles. The van der Waals surface area contributed by atoms with E-state index in [1.807, 2.05) is 42.5 Å². The third-order valence-electron chi connectivity index (χ3n) is 2.41. The molecule has 88 valence electrons. The minimum atomic E-state index is -0.0245. The molecule has 0 aliphatic rings. The van der Waals surface area contributed by atoms with Crippen molar-refractivity contribution in [1.82, 2.24) is 0 Å². The summed E-state index contributed by atoms with van der Waals surface area (Å²) in [5.74, 6) is -0.0245. The predicted molar refractivity (Wildman–Crippen MR) is 72.7 cm³/mol. The summed E-state index contributed by atoms with van der Waals surface area (Å²) in [7, 11) is 0. The Balaban J connectivity index is 2.04. The zero-order valence-electron chi connectivity index (χ0n) is 9.77. The molecule has 2 aromatic rings. The number of aryl methyl sites for hydroxylation is 1. The number of carbonyl (C=O) groups is 1. The molecular formula is C14H15NOS. The molecule has 0 fully saturated rings. The van der Waals surface area contributed by atoms with Gasteiger partial charge < -0.3 is 5.32 Å². The van der Waals surface area contributed by atoms with Crippen molar-refractivity contribution in [2.75, 3.05) is 5.32 Å². The van der Waals surface area contributed by atoms with Gasteiger partial charge in [0.15, 0.2) is 0 Å². The van der Waals surface area contributed by atoms with Crippen LogP contribution in [0.4, 0.5) is 5.69 Å². The zero-order chi connectivity index (χ0) is 12.1. The van der Waals surface area contributed by atoms with Gasteiger partial charge in [0, 0.05) is 10.6 Å². The first kappa shape index (κ1) is 11.9. The van der Waals surface area contributed by atoms with Crippen LogP contribution in [0.2, 0.25) is 0 Å². The van der Waals surface area contributed by atoms with Gasteiger partial charge in [0.2, 0.25) is 0 Å². The lowest BCUT2D eigenvalue weighted by Gasteiger charge is -2.02. The fraction of sp³-hybridized carbons (Fsp3) is 0.214. The number of para-hydroxylation sites is 1. The molecule has 0 aliphatic carbocycles. The summed E-state index contributed by atoms with van der Waals surface area (Å²) in [6.07, 6.45) is 2.16. The highest BCUT2D eigenvalue weighted by Crippen LogP contribution is 2.19. The Morgan fingerprint density at radius 1 is 1.18 bits per heavy atom. The molecule has 0 spiro atoms. The van der Waals surface area contributed by atoms with Gasteiger partial charge in [-0.25, -0.2) is 0 Å². The Bertz CT molecular complexity index is 490. The first-order valence-corrected chi connectivity index (χ1v) is 6.56. The van der Waals surface area contributed by atoms with Crippen LogP contribution in [0.15, 0.2) is 42.5 Å². The van der Waals surface area contributed by atoms with Crippen LogP contribution in [-0.2, 0) is 6.42 Å². The van der Waals surface area contributed by atoms with Crippen molar-refractivity contribution in [2.24, 2.45) is 0 Å². The minimum Gasteiger partial charge on any atom is -0.321 e. The van der Waals surface area contributed by atoms with Gasteiger partial charge in [-0.05, 0) is 30.7 Å². The van der Waals surface area contributed by atoms with Gasteiger partial charge in [0.1, 0.15) is 0 Å². The Morgan fingerprint density at radius 2 is 1.94 bits per heavy atom. The van der Waals surface area contributed by atoms with Crippen LogP contribution in [0, 0.1) is 0 Å². The second-order valence-electron chi connectivity index (χ2n) is 3.84. The van der Waals surface area contributed by atoms with E-state index in [2.05, 4.69) is 12.2 Å². The normalized spacial score (nSPS) is 10.2. The lowest BCUT2D eigenvalue weighted by molar-refractivity contribution is 0.103. The number of anilines is 1. The van der Waals surface area contributed by atoms with Gasteiger partial charge in [-0.1, -0.05) is 31.5 Å².